The van der Waals surface area contributed by atoms with Crippen molar-refractivity contribution >= 4 is 16.9 Å². The van der Waals surface area contributed by atoms with Crippen LogP contribution >= 0.6 is 11.8 Å². The average molecular weight is 256 g/mol. The molecule has 1 rings (SSSR count). The molecule has 92 valence electrons. The van der Waals surface area contributed by atoms with Crippen LogP contribution in [0.3, 0.4) is 0 Å². The average Bonchev–Trinajstić information content (AvgIpc) is 2.40. The van der Waals surface area contributed by atoms with Gasteiger partial charge in [0.1, 0.15) is 12.4 Å². The summed E-state index contributed by atoms with van der Waals surface area (Å²) < 4.78 is 12.7. The summed E-state index contributed by atoms with van der Waals surface area (Å²) in [5.41, 5.74) is 0.834. The number of carbonyl (C=O) groups excluding carboxylic acids is 1. The van der Waals surface area contributed by atoms with Crippen molar-refractivity contribution in [1.82, 2.24) is 0 Å². The molecule has 5 nitrogen and oxygen atoms in total. The van der Waals surface area contributed by atoms with Crippen molar-refractivity contribution in [1.29, 1.82) is 0 Å². The van der Waals surface area contributed by atoms with Crippen molar-refractivity contribution in [3.63, 3.8) is 0 Å². The first-order valence-electron chi connectivity index (χ1n) is 4.51. The van der Waals surface area contributed by atoms with E-state index < -0.39 is 0 Å². The van der Waals surface area contributed by atoms with Crippen molar-refractivity contribution in [3.8, 4) is 5.75 Å². The van der Waals surface area contributed by atoms with Crippen LogP contribution in [-0.2, 0) is 20.9 Å². The third-order valence-corrected chi connectivity index (χ3v) is 2.31. The molecule has 0 aliphatic heterocycles. The molecule has 1 N–H and O–H groups in total. The Morgan fingerprint density at radius 2 is 2.00 bits per heavy atom. The molecule has 0 saturated carbocycles. The summed E-state index contributed by atoms with van der Waals surface area (Å²) in [5, 5.41) is 8.20. The maximum atomic E-state index is 10.9. The van der Waals surface area contributed by atoms with Gasteiger partial charge in [-0.15, -0.1) is 0 Å². The first kappa shape index (κ1) is 15.7. The van der Waals surface area contributed by atoms with Crippen LogP contribution in [0.1, 0.15) is 5.56 Å². The Hall–Kier alpha value is -1.30. The van der Waals surface area contributed by atoms with Crippen LogP contribution in [-0.4, -0.2) is 23.2 Å². The summed E-state index contributed by atoms with van der Waals surface area (Å²) >= 11 is 1.14. The fourth-order valence-electron chi connectivity index (χ4n) is 0.958. The molecular weight excluding hydrogens is 244 g/mol. The van der Waals surface area contributed by atoms with Crippen molar-refractivity contribution < 1.29 is 24.3 Å². The molecule has 0 saturated heterocycles. The van der Waals surface area contributed by atoms with E-state index in [9.17, 15) is 4.79 Å². The number of benzene rings is 1. The molecule has 0 heterocycles. The van der Waals surface area contributed by atoms with E-state index in [1.807, 2.05) is 0 Å². The number of rotatable bonds is 5. The second-order valence-corrected chi connectivity index (χ2v) is 3.65. The van der Waals surface area contributed by atoms with Crippen LogP contribution in [0.5, 0.6) is 5.75 Å². The molecule has 0 aliphatic rings. The Morgan fingerprint density at radius 1 is 1.41 bits per heavy atom. The van der Waals surface area contributed by atoms with Gasteiger partial charge in [-0.05, 0) is 24.0 Å². The standard InChI is InChI=1S/C10H12O4S.CO/c1-15-10(11)7-13-9-4-2-8(3-5-9)6-14-12;1-2/h2-5,12H,6-7H2,1H3;. The number of ether oxygens (including phenoxy) is 1. The molecule has 0 fully saturated rings. The van der Waals surface area contributed by atoms with Gasteiger partial charge in [0.05, 0.1) is 0 Å². The fourth-order valence-corrected chi connectivity index (χ4v) is 1.13. The van der Waals surface area contributed by atoms with Gasteiger partial charge in [-0.2, -0.15) is 0 Å². The Labute approximate surface area is 103 Å². The van der Waals surface area contributed by atoms with Crippen LogP contribution in [0.2, 0.25) is 0 Å². The maximum absolute atomic E-state index is 10.9. The molecule has 1 aromatic carbocycles. The zero-order valence-corrected chi connectivity index (χ0v) is 10.0. The van der Waals surface area contributed by atoms with E-state index in [1.165, 1.54) is 0 Å². The molecule has 1 aromatic rings. The Balaban J connectivity index is 0.00000121. The van der Waals surface area contributed by atoms with Gasteiger partial charge in [-0.1, -0.05) is 23.9 Å². The number of hydrogen-bond acceptors (Lipinski definition) is 5. The van der Waals surface area contributed by atoms with Gasteiger partial charge in [0.25, 0.3) is 0 Å². The van der Waals surface area contributed by atoms with Gasteiger partial charge in [0.15, 0.2) is 6.61 Å². The topological polar surface area (TPSA) is 75.7 Å². The molecule has 6 heteroatoms. The summed E-state index contributed by atoms with van der Waals surface area (Å²) in [4.78, 5) is 14.9. The zero-order chi connectivity index (χ0) is 13.1. The molecule has 0 aliphatic carbocycles. The minimum atomic E-state index is -0.0160. The van der Waals surface area contributed by atoms with E-state index in [-0.39, 0.29) is 18.3 Å². The quantitative estimate of drug-likeness (QED) is 0.377. The van der Waals surface area contributed by atoms with Crippen LogP contribution in [0.15, 0.2) is 24.3 Å². The van der Waals surface area contributed by atoms with Gasteiger partial charge >= 0.3 is 11.3 Å². The molecule has 0 amide bonds. The molecule has 17 heavy (non-hydrogen) atoms. The third kappa shape index (κ3) is 6.78. The molecule has 0 spiro atoms. The second-order valence-electron chi connectivity index (χ2n) is 2.78. The van der Waals surface area contributed by atoms with E-state index >= 15 is 0 Å². The minimum absolute atomic E-state index is 0.0160. The number of hydrogen-bond donors (Lipinski definition) is 1. The number of thioether (sulfide) groups is 1. The predicted molar refractivity (Wildman–Crippen MR) is 61.8 cm³/mol. The zero-order valence-electron chi connectivity index (χ0n) is 9.21. The Kier molecular flexibility index (Phi) is 9.14. The van der Waals surface area contributed by atoms with Gasteiger partial charge < -0.3 is 4.74 Å². The number of carbonyl (C=O) groups is 1. The first-order valence-corrected chi connectivity index (χ1v) is 5.74. The monoisotopic (exact) mass is 256 g/mol. The normalized spacial score (nSPS) is 8.94. The molecular formula is C11H12O5S. The van der Waals surface area contributed by atoms with Gasteiger partial charge in [0.2, 0.25) is 5.12 Å². The van der Waals surface area contributed by atoms with Gasteiger partial charge in [-0.25, -0.2) is 4.89 Å². The van der Waals surface area contributed by atoms with Gasteiger partial charge in [-0.3, -0.25) is 10.1 Å². The molecule has 0 bridgehead atoms. The predicted octanol–water partition coefficient (Wildman–Crippen LogP) is 1.91. The van der Waals surface area contributed by atoms with E-state index in [2.05, 4.69) is 11.5 Å². The van der Waals surface area contributed by atoms with Crippen LogP contribution < -0.4 is 4.74 Å². The van der Waals surface area contributed by atoms with Crippen LogP contribution in [0.4, 0.5) is 0 Å². The summed E-state index contributed by atoms with van der Waals surface area (Å²) in [6.07, 6.45) is 1.72. The van der Waals surface area contributed by atoms with Crippen LogP contribution in [0.25, 0.3) is 0 Å². The Morgan fingerprint density at radius 3 is 2.47 bits per heavy atom. The third-order valence-electron chi connectivity index (χ3n) is 1.74. The molecule has 0 unspecified atom stereocenters. The van der Waals surface area contributed by atoms with Crippen molar-refractivity contribution in [3.05, 3.63) is 36.5 Å². The summed E-state index contributed by atoms with van der Waals surface area (Å²) in [6.45, 7) is 4.71. The Bertz CT molecular complexity index is 347. The van der Waals surface area contributed by atoms with E-state index in [0.29, 0.717) is 5.75 Å². The first-order chi connectivity index (χ1) is 8.26. The van der Waals surface area contributed by atoms with E-state index in [0.717, 1.165) is 17.3 Å². The van der Waals surface area contributed by atoms with E-state index in [1.54, 1.807) is 30.5 Å². The van der Waals surface area contributed by atoms with E-state index in [4.69, 9.17) is 14.6 Å². The summed E-state index contributed by atoms with van der Waals surface area (Å²) in [5.74, 6) is 0.624. The summed E-state index contributed by atoms with van der Waals surface area (Å²) in [7, 11) is 0. The van der Waals surface area contributed by atoms with Crippen molar-refractivity contribution in [2.24, 2.45) is 0 Å². The SMILES string of the molecule is CSC(=O)COc1ccc(COO)cc1.[C-]#[O+]. The molecule has 0 atom stereocenters. The summed E-state index contributed by atoms with van der Waals surface area (Å²) in [6, 6.07) is 6.97. The van der Waals surface area contributed by atoms with Crippen molar-refractivity contribution in [2.45, 2.75) is 6.61 Å². The molecule has 0 aromatic heterocycles. The van der Waals surface area contributed by atoms with Gasteiger partial charge in [0, 0.05) is 0 Å². The second kappa shape index (κ2) is 9.89. The van der Waals surface area contributed by atoms with Crippen LogP contribution in [0, 0.1) is 6.65 Å². The molecule has 0 radical (unpaired) electrons. The van der Waals surface area contributed by atoms with Crippen molar-refractivity contribution in [2.75, 3.05) is 12.9 Å². The fraction of sp³-hybridized carbons (Fsp3) is 0.273.